The first-order valence-electron chi connectivity index (χ1n) is 12.6. The van der Waals surface area contributed by atoms with Gasteiger partial charge in [-0.25, -0.2) is 4.98 Å². The van der Waals surface area contributed by atoms with E-state index in [9.17, 15) is 26.3 Å². The molecule has 0 aliphatic carbocycles. The Morgan fingerprint density at radius 1 is 0.800 bits per heavy atom. The van der Waals surface area contributed by atoms with Crippen LogP contribution in [-0.2, 0) is 12.4 Å². The summed E-state index contributed by atoms with van der Waals surface area (Å²) in [6.07, 6.45) is -7.17. The molecule has 1 atom stereocenters. The lowest BCUT2D eigenvalue weighted by molar-refractivity contribution is -0.138. The summed E-state index contributed by atoms with van der Waals surface area (Å²) in [6, 6.07) is 18.6. The zero-order valence-corrected chi connectivity index (χ0v) is 21.0. The van der Waals surface area contributed by atoms with Crippen LogP contribution in [0, 0.1) is 0 Å². The fourth-order valence-electron chi connectivity index (χ4n) is 5.20. The SMILES string of the molecule is FC(F)(F)c1ccc(-c2cccc(NCN3c4nc(-c5cccc(C(F)(F)F)c5)ccc4N4CC[C@H]3C4)c2)nc1. The minimum Gasteiger partial charge on any atom is -0.368 e. The van der Waals surface area contributed by atoms with Gasteiger partial charge in [-0.15, -0.1) is 0 Å². The van der Waals surface area contributed by atoms with Gasteiger partial charge in [-0.05, 0) is 55.0 Å². The molecule has 2 aliphatic rings. The van der Waals surface area contributed by atoms with Gasteiger partial charge >= 0.3 is 12.4 Å². The van der Waals surface area contributed by atoms with Crippen LogP contribution in [0.15, 0.2) is 79.0 Å². The molecule has 0 unspecified atom stereocenters. The monoisotopic (exact) mass is 555 g/mol. The molecule has 0 amide bonds. The van der Waals surface area contributed by atoms with Crippen molar-refractivity contribution in [2.24, 2.45) is 0 Å². The van der Waals surface area contributed by atoms with Crippen LogP contribution in [0.3, 0.4) is 0 Å². The van der Waals surface area contributed by atoms with Crippen molar-refractivity contribution in [3.8, 4) is 22.5 Å². The second-order valence-corrected chi connectivity index (χ2v) is 9.82. The smallest absolute Gasteiger partial charge is 0.368 e. The second-order valence-electron chi connectivity index (χ2n) is 9.82. The fourth-order valence-corrected chi connectivity index (χ4v) is 5.20. The number of nitrogens with zero attached hydrogens (tertiary/aromatic N) is 4. The molecule has 11 heteroatoms. The topological polar surface area (TPSA) is 44.3 Å². The maximum Gasteiger partial charge on any atom is 0.417 e. The minimum atomic E-state index is -4.45. The first-order valence-corrected chi connectivity index (χ1v) is 12.6. The molecule has 0 radical (unpaired) electrons. The van der Waals surface area contributed by atoms with E-state index in [0.717, 1.165) is 55.3 Å². The summed E-state index contributed by atoms with van der Waals surface area (Å²) in [7, 11) is 0. The number of hydrogen-bond acceptors (Lipinski definition) is 5. The van der Waals surface area contributed by atoms with Gasteiger partial charge in [0.15, 0.2) is 5.82 Å². The van der Waals surface area contributed by atoms with Crippen molar-refractivity contribution in [2.45, 2.75) is 24.8 Å². The van der Waals surface area contributed by atoms with Gasteiger partial charge in [0, 0.05) is 36.1 Å². The number of halogens is 6. The number of benzene rings is 2. The highest BCUT2D eigenvalue weighted by Crippen LogP contribution is 2.40. The molecule has 1 saturated heterocycles. The van der Waals surface area contributed by atoms with Gasteiger partial charge in [0.2, 0.25) is 0 Å². The van der Waals surface area contributed by atoms with Crippen LogP contribution < -0.4 is 15.1 Å². The molecular formula is C29H23F6N5. The Hall–Kier alpha value is -4.28. The van der Waals surface area contributed by atoms with E-state index >= 15 is 0 Å². The third kappa shape index (κ3) is 5.03. The molecule has 6 rings (SSSR count). The summed E-state index contributed by atoms with van der Waals surface area (Å²) in [5.41, 5.74) is 2.05. The third-order valence-electron chi connectivity index (χ3n) is 7.26. The predicted molar refractivity (Wildman–Crippen MR) is 141 cm³/mol. The number of nitrogens with one attached hydrogen (secondary N) is 1. The van der Waals surface area contributed by atoms with E-state index in [1.54, 1.807) is 24.3 Å². The van der Waals surface area contributed by atoms with Gasteiger partial charge in [0.1, 0.15) is 0 Å². The lowest BCUT2D eigenvalue weighted by atomic mass is 10.1. The van der Waals surface area contributed by atoms with Crippen molar-refractivity contribution >= 4 is 17.2 Å². The average Bonchev–Trinajstić information content (AvgIpc) is 3.37. The zero-order valence-electron chi connectivity index (χ0n) is 21.0. The lowest BCUT2D eigenvalue weighted by Gasteiger charge is -2.37. The summed E-state index contributed by atoms with van der Waals surface area (Å²) in [5, 5.41) is 3.38. The first-order chi connectivity index (χ1) is 19.1. The molecule has 0 saturated carbocycles. The van der Waals surface area contributed by atoms with Crippen LogP contribution in [0.5, 0.6) is 0 Å². The van der Waals surface area contributed by atoms with Gasteiger partial charge in [0.25, 0.3) is 0 Å². The highest BCUT2D eigenvalue weighted by molar-refractivity contribution is 5.76. The summed E-state index contributed by atoms with van der Waals surface area (Å²) in [6.45, 7) is 2.05. The van der Waals surface area contributed by atoms with E-state index < -0.39 is 23.5 Å². The molecule has 2 aromatic carbocycles. The highest BCUT2D eigenvalue weighted by atomic mass is 19.4. The molecule has 2 bridgehead atoms. The van der Waals surface area contributed by atoms with E-state index in [4.69, 9.17) is 4.98 Å². The molecule has 0 spiro atoms. The van der Waals surface area contributed by atoms with Crippen LogP contribution in [-0.4, -0.2) is 35.8 Å². The number of anilines is 3. The van der Waals surface area contributed by atoms with Gasteiger partial charge < -0.3 is 15.1 Å². The molecule has 2 aromatic heterocycles. The van der Waals surface area contributed by atoms with E-state index in [2.05, 4.69) is 20.1 Å². The quantitative estimate of drug-likeness (QED) is 0.262. The van der Waals surface area contributed by atoms with Crippen molar-refractivity contribution in [3.05, 3.63) is 90.1 Å². The van der Waals surface area contributed by atoms with Gasteiger partial charge in [0.05, 0.1) is 40.9 Å². The number of fused-ring (bicyclic) bond motifs is 4. The Balaban J connectivity index is 1.25. The van der Waals surface area contributed by atoms with Gasteiger partial charge in [-0.2, -0.15) is 26.3 Å². The first kappa shape index (κ1) is 26.0. The van der Waals surface area contributed by atoms with Crippen molar-refractivity contribution < 1.29 is 26.3 Å². The van der Waals surface area contributed by atoms with Crippen LogP contribution in [0.1, 0.15) is 17.5 Å². The van der Waals surface area contributed by atoms with E-state index in [-0.39, 0.29) is 6.04 Å². The van der Waals surface area contributed by atoms with Crippen molar-refractivity contribution in [2.75, 3.05) is 34.9 Å². The number of alkyl halides is 6. The van der Waals surface area contributed by atoms with Crippen LogP contribution >= 0.6 is 0 Å². The van der Waals surface area contributed by atoms with Crippen molar-refractivity contribution in [1.82, 2.24) is 9.97 Å². The van der Waals surface area contributed by atoms with Crippen molar-refractivity contribution in [1.29, 1.82) is 0 Å². The molecule has 5 nitrogen and oxygen atoms in total. The standard InChI is InChI=1S/C29H23F6N5/c30-28(31,32)20-5-1-3-18(13-20)25-9-10-26-27(38-25)40(23-11-12-39(26)16-23)17-37-22-6-2-4-19(14-22)24-8-7-21(15-36-24)29(33,34)35/h1-10,13-15,23,37H,11-12,16-17H2/t23-/m0/s1. The molecule has 4 heterocycles. The Labute approximate surface area is 226 Å². The lowest BCUT2D eigenvalue weighted by Crippen LogP contribution is -2.45. The average molecular weight is 556 g/mol. The summed E-state index contributed by atoms with van der Waals surface area (Å²) < 4.78 is 78.6. The number of rotatable bonds is 5. The van der Waals surface area contributed by atoms with E-state index in [1.165, 1.54) is 12.1 Å². The normalized spacial score (nSPS) is 16.7. The number of hydrogen-bond donors (Lipinski definition) is 1. The summed E-state index contributed by atoms with van der Waals surface area (Å²) in [4.78, 5) is 13.1. The van der Waals surface area contributed by atoms with Crippen molar-refractivity contribution in [3.63, 3.8) is 0 Å². The van der Waals surface area contributed by atoms with Crippen LogP contribution in [0.4, 0.5) is 43.5 Å². The Morgan fingerprint density at radius 2 is 1.52 bits per heavy atom. The number of aromatic nitrogens is 2. The molecule has 1 N–H and O–H groups in total. The third-order valence-corrected chi connectivity index (χ3v) is 7.26. The highest BCUT2D eigenvalue weighted by Gasteiger charge is 2.37. The largest absolute Gasteiger partial charge is 0.417 e. The molecule has 4 aromatic rings. The summed E-state index contributed by atoms with van der Waals surface area (Å²) >= 11 is 0. The zero-order chi connectivity index (χ0) is 28.1. The maximum atomic E-state index is 13.3. The molecule has 40 heavy (non-hydrogen) atoms. The maximum absolute atomic E-state index is 13.3. The Bertz CT molecular complexity index is 1530. The fraction of sp³-hybridized carbons (Fsp3) is 0.241. The predicted octanol–water partition coefficient (Wildman–Crippen LogP) is 7.32. The Morgan fingerprint density at radius 3 is 2.25 bits per heavy atom. The second kappa shape index (κ2) is 9.72. The Kier molecular flexibility index (Phi) is 6.31. The summed E-state index contributed by atoms with van der Waals surface area (Å²) in [5.74, 6) is 0.691. The molecule has 2 aliphatic heterocycles. The molecule has 1 fully saturated rings. The van der Waals surface area contributed by atoms with Gasteiger partial charge in [-0.1, -0.05) is 24.3 Å². The molecular weight excluding hydrogens is 532 g/mol. The van der Waals surface area contributed by atoms with E-state index in [0.29, 0.717) is 35.0 Å². The van der Waals surface area contributed by atoms with Gasteiger partial charge in [-0.3, -0.25) is 4.98 Å². The van der Waals surface area contributed by atoms with Crippen LogP contribution in [0.25, 0.3) is 22.5 Å². The number of pyridine rings is 2. The minimum absolute atomic E-state index is 0.170. The van der Waals surface area contributed by atoms with Crippen LogP contribution in [0.2, 0.25) is 0 Å². The molecule has 206 valence electrons. The van der Waals surface area contributed by atoms with E-state index in [1.807, 2.05) is 18.2 Å².